The van der Waals surface area contributed by atoms with E-state index in [1.54, 1.807) is 23.9 Å². The van der Waals surface area contributed by atoms with E-state index < -0.39 is 5.97 Å². The van der Waals surface area contributed by atoms with Gasteiger partial charge in [0.05, 0.1) is 17.9 Å². The number of aromatic nitrogens is 2. The number of para-hydroxylation sites is 2. The third-order valence-corrected chi connectivity index (χ3v) is 5.44. The molecule has 0 fully saturated rings. The summed E-state index contributed by atoms with van der Waals surface area (Å²) in [7, 11) is 0. The Kier molecular flexibility index (Phi) is 6.08. The Bertz CT molecular complexity index is 881. The van der Waals surface area contributed by atoms with Gasteiger partial charge < -0.3 is 15.2 Å². The van der Waals surface area contributed by atoms with Gasteiger partial charge in [-0.25, -0.2) is 4.79 Å². The first-order chi connectivity index (χ1) is 12.7. The molecule has 0 radical (unpaired) electrons. The molecule has 0 spiro atoms. The van der Waals surface area contributed by atoms with E-state index in [-0.39, 0.29) is 5.56 Å². The van der Waals surface area contributed by atoms with Crippen molar-refractivity contribution in [1.29, 1.82) is 0 Å². The van der Waals surface area contributed by atoms with Crippen LogP contribution in [-0.4, -0.2) is 27.9 Å². The summed E-state index contributed by atoms with van der Waals surface area (Å²) in [5, 5.41) is 21.2. The number of carbonyl (C=O) groups is 1. The van der Waals surface area contributed by atoms with E-state index in [1.165, 1.54) is 11.3 Å². The summed E-state index contributed by atoms with van der Waals surface area (Å²) >= 11 is 3.02. The van der Waals surface area contributed by atoms with Gasteiger partial charge in [-0.15, -0.1) is 10.2 Å². The fourth-order valence-electron chi connectivity index (χ4n) is 2.17. The predicted octanol–water partition coefficient (Wildman–Crippen LogP) is 4.67. The lowest BCUT2D eigenvalue weighted by Gasteiger charge is -2.09. The second kappa shape index (κ2) is 8.68. The van der Waals surface area contributed by atoms with Crippen molar-refractivity contribution < 1.29 is 14.6 Å². The average molecular weight is 387 g/mol. The van der Waals surface area contributed by atoms with E-state index >= 15 is 0 Å². The molecule has 26 heavy (non-hydrogen) atoms. The fourth-order valence-corrected chi connectivity index (χ4v) is 3.89. The average Bonchev–Trinajstić information content (AvgIpc) is 3.10. The third kappa shape index (κ3) is 4.74. The Balaban J connectivity index is 1.60. The molecule has 3 aromatic rings. The van der Waals surface area contributed by atoms with Gasteiger partial charge in [0.25, 0.3) is 0 Å². The number of carboxylic acid groups (broad SMARTS) is 1. The molecule has 0 aliphatic rings. The van der Waals surface area contributed by atoms with E-state index in [9.17, 15) is 4.79 Å². The number of anilines is 2. The monoisotopic (exact) mass is 387 g/mol. The van der Waals surface area contributed by atoms with Crippen LogP contribution in [0, 0.1) is 0 Å². The van der Waals surface area contributed by atoms with Gasteiger partial charge in [0.2, 0.25) is 5.13 Å². The highest BCUT2D eigenvalue weighted by molar-refractivity contribution is 8.00. The van der Waals surface area contributed by atoms with Crippen LogP contribution in [0.2, 0.25) is 0 Å². The molecule has 0 unspecified atom stereocenters. The molecule has 3 rings (SSSR count). The van der Waals surface area contributed by atoms with Gasteiger partial charge >= 0.3 is 5.97 Å². The van der Waals surface area contributed by atoms with Gasteiger partial charge in [0.1, 0.15) is 5.75 Å². The molecule has 1 heterocycles. The number of aromatic carboxylic acids is 1. The van der Waals surface area contributed by atoms with Crippen LogP contribution < -0.4 is 10.1 Å². The Morgan fingerprint density at radius 3 is 2.69 bits per heavy atom. The molecular formula is C18H17N3O3S2. The van der Waals surface area contributed by atoms with Crippen molar-refractivity contribution in [2.75, 3.05) is 11.9 Å². The molecule has 2 aromatic carbocycles. The van der Waals surface area contributed by atoms with E-state index in [2.05, 4.69) is 15.5 Å². The standard InChI is InChI=1S/C18H17N3O3S2/c1-2-24-15-6-4-3-5-14(15)19-17-20-21-18(26-17)25-11-12-7-9-13(10-8-12)16(22)23/h3-10H,2,11H2,1H3,(H,19,20)(H,22,23). The predicted molar refractivity (Wildman–Crippen MR) is 104 cm³/mol. The zero-order valence-corrected chi connectivity index (χ0v) is 15.6. The Labute approximate surface area is 159 Å². The van der Waals surface area contributed by atoms with Crippen molar-refractivity contribution in [1.82, 2.24) is 10.2 Å². The van der Waals surface area contributed by atoms with Crippen LogP contribution in [0.4, 0.5) is 10.8 Å². The van der Waals surface area contributed by atoms with Crippen molar-refractivity contribution in [3.05, 3.63) is 59.7 Å². The number of thioether (sulfide) groups is 1. The molecule has 134 valence electrons. The minimum Gasteiger partial charge on any atom is -0.492 e. The van der Waals surface area contributed by atoms with Crippen LogP contribution in [-0.2, 0) is 5.75 Å². The van der Waals surface area contributed by atoms with Crippen molar-refractivity contribution in [3.8, 4) is 5.75 Å². The molecule has 0 amide bonds. The highest BCUT2D eigenvalue weighted by atomic mass is 32.2. The highest BCUT2D eigenvalue weighted by Gasteiger charge is 2.09. The van der Waals surface area contributed by atoms with Gasteiger partial charge in [0.15, 0.2) is 4.34 Å². The molecule has 0 saturated carbocycles. The van der Waals surface area contributed by atoms with Crippen molar-refractivity contribution in [2.24, 2.45) is 0 Å². The summed E-state index contributed by atoms with van der Waals surface area (Å²) in [5.74, 6) is 0.554. The lowest BCUT2D eigenvalue weighted by atomic mass is 10.1. The molecule has 0 aliphatic carbocycles. The molecule has 6 nitrogen and oxygen atoms in total. The number of ether oxygens (including phenoxy) is 1. The van der Waals surface area contributed by atoms with Gasteiger partial charge in [-0.05, 0) is 36.8 Å². The van der Waals surface area contributed by atoms with Crippen LogP contribution in [0.5, 0.6) is 5.75 Å². The minimum absolute atomic E-state index is 0.286. The molecule has 8 heteroatoms. The number of hydrogen-bond acceptors (Lipinski definition) is 7. The van der Waals surface area contributed by atoms with Gasteiger partial charge in [-0.2, -0.15) is 0 Å². The SMILES string of the molecule is CCOc1ccccc1Nc1nnc(SCc2ccc(C(=O)O)cc2)s1. The molecule has 1 aromatic heterocycles. The van der Waals surface area contributed by atoms with Crippen LogP contribution in [0.25, 0.3) is 0 Å². The van der Waals surface area contributed by atoms with Crippen molar-refractivity contribution in [3.63, 3.8) is 0 Å². The summed E-state index contributed by atoms with van der Waals surface area (Å²) in [6.07, 6.45) is 0. The van der Waals surface area contributed by atoms with E-state index in [4.69, 9.17) is 9.84 Å². The first-order valence-corrected chi connectivity index (χ1v) is 9.73. The van der Waals surface area contributed by atoms with Crippen LogP contribution in [0.1, 0.15) is 22.8 Å². The van der Waals surface area contributed by atoms with Crippen molar-refractivity contribution in [2.45, 2.75) is 17.0 Å². The zero-order valence-electron chi connectivity index (χ0n) is 14.0. The van der Waals surface area contributed by atoms with Gasteiger partial charge in [0, 0.05) is 5.75 Å². The Hall–Kier alpha value is -2.58. The maximum absolute atomic E-state index is 10.9. The number of nitrogens with zero attached hydrogens (tertiary/aromatic N) is 2. The van der Waals surface area contributed by atoms with Crippen LogP contribution in [0.15, 0.2) is 52.9 Å². The number of carboxylic acids is 1. The lowest BCUT2D eigenvalue weighted by molar-refractivity contribution is 0.0697. The van der Waals surface area contributed by atoms with E-state index in [0.29, 0.717) is 17.5 Å². The van der Waals surface area contributed by atoms with E-state index in [0.717, 1.165) is 21.3 Å². The summed E-state index contributed by atoms with van der Waals surface area (Å²) in [6.45, 7) is 2.54. The molecular weight excluding hydrogens is 370 g/mol. The van der Waals surface area contributed by atoms with Crippen molar-refractivity contribution >= 4 is 39.9 Å². The summed E-state index contributed by atoms with van der Waals surface area (Å²) < 4.78 is 6.43. The second-order valence-electron chi connectivity index (χ2n) is 5.22. The fraction of sp³-hybridized carbons (Fsp3) is 0.167. The summed E-state index contributed by atoms with van der Waals surface area (Å²) in [4.78, 5) is 10.9. The lowest BCUT2D eigenvalue weighted by Crippen LogP contribution is -1.97. The molecule has 0 saturated heterocycles. The van der Waals surface area contributed by atoms with Crippen LogP contribution in [0.3, 0.4) is 0 Å². The molecule has 2 N–H and O–H groups in total. The third-order valence-electron chi connectivity index (χ3n) is 3.40. The Morgan fingerprint density at radius 1 is 1.19 bits per heavy atom. The number of hydrogen-bond donors (Lipinski definition) is 2. The van der Waals surface area contributed by atoms with Crippen LogP contribution >= 0.6 is 23.1 Å². The number of benzene rings is 2. The normalized spacial score (nSPS) is 10.5. The zero-order chi connectivity index (χ0) is 18.4. The topological polar surface area (TPSA) is 84.3 Å². The summed E-state index contributed by atoms with van der Waals surface area (Å²) in [6, 6.07) is 14.5. The molecule has 0 bridgehead atoms. The quantitative estimate of drug-likeness (QED) is 0.543. The highest BCUT2D eigenvalue weighted by Crippen LogP contribution is 2.32. The van der Waals surface area contributed by atoms with Gasteiger partial charge in [-0.1, -0.05) is 47.4 Å². The molecule has 0 atom stereocenters. The number of rotatable bonds is 8. The first kappa shape index (κ1) is 18.2. The molecule has 0 aliphatic heterocycles. The number of nitrogens with one attached hydrogen (secondary N) is 1. The largest absolute Gasteiger partial charge is 0.492 e. The maximum atomic E-state index is 10.9. The summed E-state index contributed by atoms with van der Waals surface area (Å²) in [5.41, 5.74) is 2.17. The second-order valence-corrected chi connectivity index (χ2v) is 7.42. The smallest absolute Gasteiger partial charge is 0.335 e. The Morgan fingerprint density at radius 2 is 1.96 bits per heavy atom. The maximum Gasteiger partial charge on any atom is 0.335 e. The van der Waals surface area contributed by atoms with Gasteiger partial charge in [-0.3, -0.25) is 0 Å². The van der Waals surface area contributed by atoms with E-state index in [1.807, 2.05) is 43.3 Å². The minimum atomic E-state index is -0.920. The first-order valence-electron chi connectivity index (χ1n) is 7.93.